The van der Waals surface area contributed by atoms with Crippen molar-refractivity contribution in [3.63, 3.8) is 0 Å². The third-order valence-corrected chi connectivity index (χ3v) is 3.08. The predicted molar refractivity (Wildman–Crippen MR) is 82.9 cm³/mol. The Morgan fingerprint density at radius 1 is 1.33 bits per heavy atom. The minimum Gasteiger partial charge on any atom is -0.447 e. The summed E-state index contributed by atoms with van der Waals surface area (Å²) in [5.41, 5.74) is 1.81. The minimum atomic E-state index is -0.548. The summed E-state index contributed by atoms with van der Waals surface area (Å²) < 4.78 is 4.67. The van der Waals surface area contributed by atoms with Crippen LogP contribution in [-0.4, -0.2) is 30.1 Å². The van der Waals surface area contributed by atoms with Gasteiger partial charge in [0.25, 0.3) is 5.91 Å². The number of cyclic esters (lactones) is 1. The normalized spacial score (nSPS) is 13.2. The maximum atomic E-state index is 11.6. The van der Waals surface area contributed by atoms with Crippen LogP contribution >= 0.6 is 0 Å². The zero-order valence-corrected chi connectivity index (χ0v) is 12.8. The number of aryl methyl sites for hydroxylation is 1. The maximum absolute atomic E-state index is 11.6. The molecule has 0 atom stereocenters. The molecule has 1 fully saturated rings. The summed E-state index contributed by atoms with van der Waals surface area (Å²) in [7, 11) is 0. The van der Waals surface area contributed by atoms with Gasteiger partial charge in [0.15, 0.2) is 0 Å². The number of carbonyl (C=O) groups is 2. The molecule has 1 aliphatic heterocycles. The molecule has 0 bridgehead atoms. The predicted octanol–water partition coefficient (Wildman–Crippen LogP) is 3.71. The van der Waals surface area contributed by atoms with Gasteiger partial charge in [-0.3, -0.25) is 4.79 Å². The topological polar surface area (TPSA) is 46.6 Å². The highest BCUT2D eigenvalue weighted by Crippen LogP contribution is 2.12. The number of benzene rings is 1. The van der Waals surface area contributed by atoms with Gasteiger partial charge in [-0.1, -0.05) is 55.8 Å². The highest BCUT2D eigenvalue weighted by molar-refractivity contribution is 6.02. The first-order valence-electron chi connectivity index (χ1n) is 7.24. The first-order chi connectivity index (χ1) is 10.1. The van der Waals surface area contributed by atoms with Crippen LogP contribution in [0.5, 0.6) is 0 Å². The first-order valence-corrected chi connectivity index (χ1v) is 7.24. The second-order valence-electron chi connectivity index (χ2n) is 4.93. The van der Waals surface area contributed by atoms with E-state index in [1.807, 2.05) is 25.1 Å². The molecule has 1 aromatic rings. The van der Waals surface area contributed by atoms with Crippen molar-refractivity contribution in [3.05, 3.63) is 48.0 Å². The van der Waals surface area contributed by atoms with Crippen LogP contribution in [0.1, 0.15) is 31.7 Å². The van der Waals surface area contributed by atoms with E-state index in [-0.39, 0.29) is 5.91 Å². The highest BCUT2D eigenvalue weighted by Gasteiger charge is 2.29. The quantitative estimate of drug-likeness (QED) is 0.794. The lowest BCUT2D eigenvalue weighted by molar-refractivity contribution is -0.124. The Morgan fingerprint density at radius 2 is 2.00 bits per heavy atom. The van der Waals surface area contributed by atoms with Crippen molar-refractivity contribution < 1.29 is 14.3 Å². The molecule has 0 N–H and O–H groups in total. The van der Waals surface area contributed by atoms with Crippen LogP contribution in [-0.2, 0) is 9.53 Å². The number of hydrogen-bond acceptors (Lipinski definition) is 3. The van der Waals surface area contributed by atoms with Crippen molar-refractivity contribution in [2.75, 3.05) is 13.2 Å². The Bertz CT molecular complexity index is 482. The molecule has 4 heteroatoms. The molecule has 2 amide bonds. The summed E-state index contributed by atoms with van der Waals surface area (Å²) >= 11 is 0. The highest BCUT2D eigenvalue weighted by atomic mass is 16.6. The molecule has 4 nitrogen and oxygen atoms in total. The zero-order chi connectivity index (χ0) is 15.7. The van der Waals surface area contributed by atoms with Gasteiger partial charge >= 0.3 is 6.09 Å². The average Bonchev–Trinajstić information content (AvgIpc) is 2.91. The molecule has 1 aromatic carbocycles. The van der Waals surface area contributed by atoms with E-state index in [9.17, 15) is 9.59 Å². The summed E-state index contributed by atoms with van der Waals surface area (Å²) in [5.74, 6) is -0.291. The molecule has 114 valence electrons. The summed E-state index contributed by atoms with van der Waals surface area (Å²) in [6.45, 7) is 8.45. The molecule has 0 unspecified atom stereocenters. The van der Waals surface area contributed by atoms with Gasteiger partial charge in [0.2, 0.25) is 0 Å². The molecule has 2 rings (SSSR count). The molecule has 0 radical (unpaired) electrons. The van der Waals surface area contributed by atoms with Crippen molar-refractivity contribution >= 4 is 12.0 Å². The number of imide groups is 1. The van der Waals surface area contributed by atoms with E-state index in [1.54, 1.807) is 0 Å². The fourth-order valence-electron chi connectivity index (χ4n) is 1.80. The number of carbonyl (C=O) groups excluding carboxylic acids is 2. The molecule has 21 heavy (non-hydrogen) atoms. The van der Waals surface area contributed by atoms with E-state index in [0.717, 1.165) is 17.7 Å². The van der Waals surface area contributed by atoms with Crippen LogP contribution in [0.25, 0.3) is 0 Å². The van der Waals surface area contributed by atoms with Crippen LogP contribution in [0, 0.1) is 6.92 Å². The van der Waals surface area contributed by atoms with Crippen molar-refractivity contribution in [1.29, 1.82) is 0 Å². The average molecular weight is 289 g/mol. The van der Waals surface area contributed by atoms with Gasteiger partial charge in [-0.2, -0.15) is 0 Å². The molecule has 0 aliphatic carbocycles. The SMILES string of the molecule is C=C(CCCC)C(=O)N1CCOC1=O.Cc1ccccc1. The largest absolute Gasteiger partial charge is 0.447 e. The number of hydrogen-bond donors (Lipinski definition) is 0. The molecular weight excluding hydrogens is 266 g/mol. The van der Waals surface area contributed by atoms with Crippen molar-refractivity contribution in [1.82, 2.24) is 4.90 Å². The van der Waals surface area contributed by atoms with Crippen LogP contribution in [0.3, 0.4) is 0 Å². The number of rotatable bonds is 4. The summed E-state index contributed by atoms with van der Waals surface area (Å²) in [4.78, 5) is 23.7. The van der Waals surface area contributed by atoms with Crippen LogP contribution < -0.4 is 0 Å². The van der Waals surface area contributed by atoms with Crippen LogP contribution in [0.15, 0.2) is 42.5 Å². The molecule has 1 aliphatic rings. The monoisotopic (exact) mass is 289 g/mol. The van der Waals surface area contributed by atoms with Crippen LogP contribution in [0.4, 0.5) is 4.79 Å². The maximum Gasteiger partial charge on any atom is 0.416 e. The molecule has 0 aromatic heterocycles. The fraction of sp³-hybridized carbons (Fsp3) is 0.412. The molecule has 1 saturated heterocycles. The number of amides is 2. The van der Waals surface area contributed by atoms with Gasteiger partial charge in [0.1, 0.15) is 6.61 Å². The van der Waals surface area contributed by atoms with E-state index in [0.29, 0.717) is 25.1 Å². The Labute approximate surface area is 126 Å². The van der Waals surface area contributed by atoms with Gasteiger partial charge < -0.3 is 4.74 Å². The third kappa shape index (κ3) is 5.81. The smallest absolute Gasteiger partial charge is 0.416 e. The van der Waals surface area contributed by atoms with Crippen LogP contribution in [0.2, 0.25) is 0 Å². The van der Waals surface area contributed by atoms with E-state index in [1.165, 1.54) is 5.56 Å². The Balaban J connectivity index is 0.000000262. The summed E-state index contributed by atoms with van der Waals surface area (Å²) in [5, 5.41) is 0. The summed E-state index contributed by atoms with van der Waals surface area (Å²) in [6.07, 6.45) is 2.04. The fourth-order valence-corrected chi connectivity index (χ4v) is 1.80. The van der Waals surface area contributed by atoms with Gasteiger partial charge in [-0.05, 0) is 19.8 Å². The Morgan fingerprint density at radius 3 is 2.43 bits per heavy atom. The second-order valence-corrected chi connectivity index (χ2v) is 4.93. The Kier molecular flexibility index (Phi) is 7.23. The standard InChI is InChI=1S/C10H15NO3.C7H8/c1-3-4-5-8(2)9(12)11-6-7-14-10(11)13;1-7-5-3-2-4-6-7/h2-7H2,1H3;2-6H,1H3. The minimum absolute atomic E-state index is 0.291. The van der Waals surface area contributed by atoms with E-state index < -0.39 is 6.09 Å². The van der Waals surface area contributed by atoms with E-state index in [2.05, 4.69) is 30.4 Å². The molecule has 0 spiro atoms. The van der Waals surface area contributed by atoms with Gasteiger partial charge in [0.05, 0.1) is 6.54 Å². The third-order valence-electron chi connectivity index (χ3n) is 3.08. The number of nitrogens with zero attached hydrogens (tertiary/aromatic N) is 1. The second kappa shape index (κ2) is 8.95. The molecular formula is C17H23NO3. The molecule has 0 saturated carbocycles. The zero-order valence-electron chi connectivity index (χ0n) is 12.8. The lowest BCUT2D eigenvalue weighted by Gasteiger charge is -2.11. The number of ether oxygens (including phenoxy) is 1. The van der Waals surface area contributed by atoms with Gasteiger partial charge in [-0.25, -0.2) is 9.69 Å². The summed E-state index contributed by atoms with van der Waals surface area (Å²) in [6, 6.07) is 10.3. The Hall–Kier alpha value is -2.10. The van der Waals surface area contributed by atoms with Crippen molar-refractivity contribution in [3.8, 4) is 0 Å². The lowest BCUT2D eigenvalue weighted by atomic mass is 10.1. The first kappa shape index (κ1) is 17.0. The lowest BCUT2D eigenvalue weighted by Crippen LogP contribution is -2.32. The van der Waals surface area contributed by atoms with Crippen molar-refractivity contribution in [2.45, 2.75) is 33.1 Å². The van der Waals surface area contributed by atoms with E-state index >= 15 is 0 Å². The van der Waals surface area contributed by atoms with Gasteiger partial charge in [-0.15, -0.1) is 0 Å². The van der Waals surface area contributed by atoms with E-state index in [4.69, 9.17) is 0 Å². The van der Waals surface area contributed by atoms with Crippen molar-refractivity contribution in [2.24, 2.45) is 0 Å². The number of unbranched alkanes of at least 4 members (excludes halogenated alkanes) is 1. The van der Waals surface area contributed by atoms with Gasteiger partial charge in [0, 0.05) is 5.57 Å². The molecule has 1 heterocycles.